The number of nitrogens with two attached hydrogens (primary N) is 1. The van der Waals surface area contributed by atoms with Gasteiger partial charge in [-0.1, -0.05) is 13.3 Å². The van der Waals surface area contributed by atoms with Crippen molar-refractivity contribution in [3.8, 4) is 5.75 Å². The molecule has 132 valence electrons. The van der Waals surface area contributed by atoms with Gasteiger partial charge in [0.25, 0.3) is 0 Å². The van der Waals surface area contributed by atoms with E-state index in [-0.39, 0.29) is 23.7 Å². The monoisotopic (exact) mass is 334 g/mol. The first-order valence-electron chi connectivity index (χ1n) is 9.07. The molecule has 1 aromatic rings. The van der Waals surface area contributed by atoms with E-state index in [1.807, 2.05) is 6.92 Å². The SMILES string of the molecule is CCCOc1cc(F)ccc1NC(=O)C1CC2CCCC(C1)C2N. The van der Waals surface area contributed by atoms with Gasteiger partial charge in [-0.05, 0) is 56.1 Å². The zero-order chi connectivity index (χ0) is 17.1. The summed E-state index contributed by atoms with van der Waals surface area (Å²) in [4.78, 5) is 12.7. The molecule has 0 aromatic heterocycles. The lowest BCUT2D eigenvalue weighted by atomic mass is 9.65. The quantitative estimate of drug-likeness (QED) is 0.863. The van der Waals surface area contributed by atoms with Crippen molar-refractivity contribution < 1.29 is 13.9 Å². The molecule has 3 N–H and O–H groups in total. The third-order valence-electron chi connectivity index (χ3n) is 5.45. The minimum atomic E-state index is -0.364. The fraction of sp³-hybridized carbons (Fsp3) is 0.632. The highest BCUT2D eigenvalue weighted by atomic mass is 19.1. The largest absolute Gasteiger partial charge is 0.491 e. The molecule has 0 spiro atoms. The molecule has 24 heavy (non-hydrogen) atoms. The van der Waals surface area contributed by atoms with Crippen LogP contribution in [-0.2, 0) is 4.79 Å². The van der Waals surface area contributed by atoms with Gasteiger partial charge in [-0.15, -0.1) is 0 Å². The van der Waals surface area contributed by atoms with Crippen LogP contribution in [-0.4, -0.2) is 18.6 Å². The van der Waals surface area contributed by atoms with Gasteiger partial charge in [-0.25, -0.2) is 4.39 Å². The third kappa shape index (κ3) is 3.72. The molecule has 4 nitrogen and oxygen atoms in total. The fourth-order valence-corrected chi connectivity index (χ4v) is 4.17. The number of carbonyl (C=O) groups excluding carboxylic acids is 1. The number of carbonyl (C=O) groups is 1. The van der Waals surface area contributed by atoms with Gasteiger partial charge in [0.1, 0.15) is 11.6 Å². The number of benzene rings is 1. The Kier molecular flexibility index (Phi) is 5.39. The predicted octanol–water partition coefficient (Wildman–Crippen LogP) is 3.71. The first kappa shape index (κ1) is 17.2. The molecule has 0 aliphatic heterocycles. The van der Waals surface area contributed by atoms with E-state index < -0.39 is 0 Å². The number of nitrogens with one attached hydrogen (secondary N) is 1. The number of amides is 1. The van der Waals surface area contributed by atoms with E-state index >= 15 is 0 Å². The van der Waals surface area contributed by atoms with Crippen molar-refractivity contribution in [2.75, 3.05) is 11.9 Å². The third-order valence-corrected chi connectivity index (χ3v) is 5.45. The molecular weight excluding hydrogens is 307 g/mol. The summed E-state index contributed by atoms with van der Waals surface area (Å²) in [6.45, 7) is 2.48. The van der Waals surface area contributed by atoms with Crippen LogP contribution in [0.5, 0.6) is 5.75 Å². The van der Waals surface area contributed by atoms with Gasteiger partial charge in [-0.3, -0.25) is 4.79 Å². The van der Waals surface area contributed by atoms with Crippen molar-refractivity contribution in [1.82, 2.24) is 0 Å². The topological polar surface area (TPSA) is 64.3 Å². The lowest BCUT2D eigenvalue weighted by Gasteiger charge is -2.43. The standard InChI is InChI=1S/C19H27FN2O2/c1-2-8-24-17-11-15(20)6-7-16(17)22-19(23)14-9-12-4-3-5-13(10-14)18(12)21/h6-7,11-14,18H,2-5,8-10,21H2,1H3,(H,22,23). The highest BCUT2D eigenvalue weighted by Crippen LogP contribution is 2.42. The normalized spacial score (nSPS) is 29.1. The Hall–Kier alpha value is -1.62. The summed E-state index contributed by atoms with van der Waals surface area (Å²) in [7, 11) is 0. The Morgan fingerprint density at radius 1 is 1.33 bits per heavy atom. The maximum Gasteiger partial charge on any atom is 0.227 e. The highest BCUT2D eigenvalue weighted by molar-refractivity contribution is 5.94. The molecule has 0 saturated heterocycles. The van der Waals surface area contributed by atoms with Crippen LogP contribution in [0.2, 0.25) is 0 Å². The first-order chi connectivity index (χ1) is 11.6. The highest BCUT2D eigenvalue weighted by Gasteiger charge is 2.40. The lowest BCUT2D eigenvalue weighted by molar-refractivity contribution is -0.122. The Morgan fingerprint density at radius 2 is 2.04 bits per heavy atom. The van der Waals surface area contributed by atoms with Crippen LogP contribution in [0.15, 0.2) is 18.2 Å². The summed E-state index contributed by atoms with van der Waals surface area (Å²) in [6.07, 6.45) is 6.02. The van der Waals surface area contributed by atoms with E-state index in [1.165, 1.54) is 18.6 Å². The van der Waals surface area contributed by atoms with Crippen molar-refractivity contribution in [3.63, 3.8) is 0 Å². The summed E-state index contributed by atoms with van der Waals surface area (Å²) in [5.74, 6) is 0.945. The van der Waals surface area contributed by atoms with Crippen molar-refractivity contribution in [2.24, 2.45) is 23.5 Å². The van der Waals surface area contributed by atoms with Crippen molar-refractivity contribution >= 4 is 11.6 Å². The van der Waals surface area contributed by atoms with E-state index in [9.17, 15) is 9.18 Å². The minimum absolute atomic E-state index is 0.00626. The predicted molar refractivity (Wildman–Crippen MR) is 92.3 cm³/mol. The Bertz CT molecular complexity index is 579. The summed E-state index contributed by atoms with van der Waals surface area (Å²) >= 11 is 0. The van der Waals surface area contributed by atoms with Gasteiger partial charge in [0.05, 0.1) is 12.3 Å². The van der Waals surface area contributed by atoms with Crippen molar-refractivity contribution in [2.45, 2.75) is 51.5 Å². The number of hydrogen-bond acceptors (Lipinski definition) is 3. The molecule has 2 fully saturated rings. The van der Waals surface area contributed by atoms with Crippen LogP contribution >= 0.6 is 0 Å². The fourth-order valence-electron chi connectivity index (χ4n) is 4.17. The molecule has 2 unspecified atom stereocenters. The Balaban J connectivity index is 1.68. The Morgan fingerprint density at radius 3 is 2.71 bits per heavy atom. The summed E-state index contributed by atoms with van der Waals surface area (Å²) in [5, 5.41) is 2.95. The van der Waals surface area contributed by atoms with Gasteiger partial charge in [0, 0.05) is 18.0 Å². The second-order valence-electron chi connectivity index (χ2n) is 7.17. The minimum Gasteiger partial charge on any atom is -0.491 e. The number of ether oxygens (including phenoxy) is 1. The molecule has 2 aliphatic carbocycles. The van der Waals surface area contributed by atoms with Crippen LogP contribution < -0.4 is 15.8 Å². The molecule has 2 bridgehead atoms. The Labute approximate surface area is 142 Å². The summed E-state index contributed by atoms with van der Waals surface area (Å²) in [6, 6.07) is 4.50. The second kappa shape index (κ2) is 7.51. The van der Waals surface area contributed by atoms with Crippen LogP contribution in [0, 0.1) is 23.6 Å². The lowest BCUT2D eigenvalue weighted by Crippen LogP contribution is -2.48. The van der Waals surface area contributed by atoms with Crippen LogP contribution in [0.1, 0.15) is 45.4 Å². The zero-order valence-electron chi connectivity index (χ0n) is 14.3. The molecular formula is C19H27FN2O2. The number of rotatable bonds is 5. The molecule has 1 amide bonds. The maximum absolute atomic E-state index is 13.5. The smallest absolute Gasteiger partial charge is 0.227 e. The molecule has 1 aromatic carbocycles. The number of hydrogen-bond donors (Lipinski definition) is 2. The van der Waals surface area contributed by atoms with Crippen molar-refractivity contribution in [1.29, 1.82) is 0 Å². The van der Waals surface area contributed by atoms with E-state index in [2.05, 4.69) is 5.32 Å². The van der Waals surface area contributed by atoms with E-state index in [0.717, 1.165) is 32.1 Å². The first-order valence-corrected chi connectivity index (χ1v) is 9.07. The molecule has 2 atom stereocenters. The van der Waals surface area contributed by atoms with Crippen LogP contribution in [0.25, 0.3) is 0 Å². The number of anilines is 1. The van der Waals surface area contributed by atoms with E-state index in [4.69, 9.17) is 10.5 Å². The van der Waals surface area contributed by atoms with Gasteiger partial charge >= 0.3 is 0 Å². The molecule has 3 rings (SSSR count). The van der Waals surface area contributed by atoms with Gasteiger partial charge in [-0.2, -0.15) is 0 Å². The number of fused-ring (bicyclic) bond motifs is 2. The van der Waals surface area contributed by atoms with Crippen LogP contribution in [0.4, 0.5) is 10.1 Å². The molecule has 0 heterocycles. The summed E-state index contributed by atoms with van der Waals surface area (Å²) < 4.78 is 19.0. The average Bonchev–Trinajstić information content (AvgIpc) is 2.54. The summed E-state index contributed by atoms with van der Waals surface area (Å²) in [5.41, 5.74) is 6.85. The second-order valence-corrected chi connectivity index (χ2v) is 7.17. The van der Waals surface area contributed by atoms with Crippen molar-refractivity contribution in [3.05, 3.63) is 24.0 Å². The molecule has 2 aliphatic rings. The molecule has 5 heteroatoms. The van der Waals surface area contributed by atoms with Gasteiger partial charge in [0.15, 0.2) is 0 Å². The van der Waals surface area contributed by atoms with Gasteiger partial charge in [0.2, 0.25) is 5.91 Å². The molecule has 0 radical (unpaired) electrons. The molecule has 2 saturated carbocycles. The maximum atomic E-state index is 13.5. The van der Waals surface area contributed by atoms with E-state index in [1.54, 1.807) is 6.07 Å². The van der Waals surface area contributed by atoms with Crippen LogP contribution in [0.3, 0.4) is 0 Å². The van der Waals surface area contributed by atoms with Gasteiger partial charge < -0.3 is 15.8 Å². The van der Waals surface area contributed by atoms with E-state index in [0.29, 0.717) is 29.9 Å². The average molecular weight is 334 g/mol. The number of halogens is 1. The zero-order valence-corrected chi connectivity index (χ0v) is 14.3.